The van der Waals surface area contributed by atoms with E-state index in [4.69, 9.17) is 9.47 Å². The van der Waals surface area contributed by atoms with E-state index in [0.29, 0.717) is 22.2 Å². The molecule has 0 saturated heterocycles. The maximum absolute atomic E-state index is 13.2. The summed E-state index contributed by atoms with van der Waals surface area (Å²) in [5.74, 6) is 0.381. The quantitative estimate of drug-likeness (QED) is 0.793. The Kier molecular flexibility index (Phi) is 6.66. The first-order chi connectivity index (χ1) is 13.1. The molecule has 0 radical (unpaired) electrons. The van der Waals surface area contributed by atoms with Crippen molar-refractivity contribution < 1.29 is 19.1 Å². The fourth-order valence-corrected chi connectivity index (χ4v) is 3.39. The Morgan fingerprint density at radius 2 is 1.86 bits per heavy atom. The summed E-state index contributed by atoms with van der Waals surface area (Å²) in [6, 6.07) is 4.98. The number of hydrogen-bond acceptors (Lipinski definition) is 6. The number of carbonyl (C=O) groups is 2. The molecular formula is C20H27N3O4S. The standard InChI is InChI=1S/C20H27N3O4S/c1-12-13(2)28-19(21-12)22-17(24)11-23(20(3,4)5)18(25)15-9-8-14(26-6)10-16(15)27-7/h8-10H,11H2,1-7H3,(H,21,22,24). The van der Waals surface area contributed by atoms with Crippen LogP contribution in [-0.4, -0.2) is 48.0 Å². The second-order valence-electron chi connectivity index (χ2n) is 7.34. The number of carbonyl (C=O) groups excluding carboxylic acids is 2. The highest BCUT2D eigenvalue weighted by molar-refractivity contribution is 7.15. The number of aromatic nitrogens is 1. The van der Waals surface area contributed by atoms with Crippen molar-refractivity contribution in [2.75, 3.05) is 26.1 Å². The predicted molar refractivity (Wildman–Crippen MR) is 111 cm³/mol. The third-order valence-corrected chi connectivity index (χ3v) is 5.26. The number of aryl methyl sites for hydroxylation is 2. The Morgan fingerprint density at radius 3 is 2.36 bits per heavy atom. The van der Waals surface area contributed by atoms with Gasteiger partial charge in [0, 0.05) is 16.5 Å². The van der Waals surface area contributed by atoms with E-state index in [1.165, 1.54) is 23.3 Å². The second-order valence-corrected chi connectivity index (χ2v) is 8.54. The Morgan fingerprint density at radius 1 is 1.18 bits per heavy atom. The summed E-state index contributed by atoms with van der Waals surface area (Å²) in [4.78, 5) is 32.7. The number of hydrogen-bond donors (Lipinski definition) is 1. The van der Waals surface area contributed by atoms with Gasteiger partial charge in [-0.05, 0) is 46.8 Å². The van der Waals surface area contributed by atoms with Gasteiger partial charge in [0.1, 0.15) is 18.0 Å². The molecule has 1 N–H and O–H groups in total. The van der Waals surface area contributed by atoms with Gasteiger partial charge < -0.3 is 19.7 Å². The van der Waals surface area contributed by atoms with Crippen molar-refractivity contribution in [1.29, 1.82) is 0 Å². The zero-order valence-electron chi connectivity index (χ0n) is 17.4. The van der Waals surface area contributed by atoms with E-state index < -0.39 is 5.54 Å². The van der Waals surface area contributed by atoms with Crippen molar-refractivity contribution >= 4 is 28.3 Å². The minimum absolute atomic E-state index is 0.102. The molecule has 2 aromatic rings. The third-order valence-electron chi connectivity index (χ3n) is 4.27. The molecule has 0 unspecified atom stereocenters. The van der Waals surface area contributed by atoms with Gasteiger partial charge in [-0.25, -0.2) is 4.98 Å². The molecule has 7 nitrogen and oxygen atoms in total. The summed E-state index contributed by atoms with van der Waals surface area (Å²) in [6.45, 7) is 9.38. The number of nitrogens with one attached hydrogen (secondary N) is 1. The van der Waals surface area contributed by atoms with Crippen LogP contribution in [0.15, 0.2) is 18.2 Å². The number of amides is 2. The second kappa shape index (κ2) is 8.60. The molecule has 0 fully saturated rings. The van der Waals surface area contributed by atoms with Gasteiger partial charge >= 0.3 is 0 Å². The van der Waals surface area contributed by atoms with Crippen LogP contribution in [0.4, 0.5) is 5.13 Å². The van der Waals surface area contributed by atoms with Gasteiger partial charge in [0.2, 0.25) is 5.91 Å². The van der Waals surface area contributed by atoms with E-state index in [2.05, 4.69) is 10.3 Å². The molecule has 28 heavy (non-hydrogen) atoms. The van der Waals surface area contributed by atoms with Crippen molar-refractivity contribution in [1.82, 2.24) is 9.88 Å². The van der Waals surface area contributed by atoms with Crippen molar-refractivity contribution in [3.05, 3.63) is 34.3 Å². The number of nitrogens with zero attached hydrogens (tertiary/aromatic N) is 2. The fourth-order valence-electron chi connectivity index (χ4n) is 2.56. The van der Waals surface area contributed by atoms with Crippen LogP contribution in [0.2, 0.25) is 0 Å². The van der Waals surface area contributed by atoms with Gasteiger partial charge in [-0.2, -0.15) is 0 Å². The highest BCUT2D eigenvalue weighted by Crippen LogP contribution is 2.28. The van der Waals surface area contributed by atoms with Crippen molar-refractivity contribution in [3.63, 3.8) is 0 Å². The van der Waals surface area contributed by atoms with Crippen LogP contribution in [0.25, 0.3) is 0 Å². The molecular weight excluding hydrogens is 378 g/mol. The number of thiazole rings is 1. The monoisotopic (exact) mass is 405 g/mol. The Balaban J connectivity index is 2.26. The van der Waals surface area contributed by atoms with Gasteiger partial charge in [-0.1, -0.05) is 0 Å². The average molecular weight is 406 g/mol. The van der Waals surface area contributed by atoms with Gasteiger partial charge in [0.25, 0.3) is 5.91 Å². The molecule has 0 spiro atoms. The summed E-state index contributed by atoms with van der Waals surface area (Å²) in [5.41, 5.74) is 0.674. The summed E-state index contributed by atoms with van der Waals surface area (Å²) < 4.78 is 10.5. The maximum atomic E-state index is 13.2. The molecule has 1 aromatic carbocycles. The van der Waals surface area contributed by atoms with E-state index in [1.54, 1.807) is 25.3 Å². The smallest absolute Gasteiger partial charge is 0.258 e. The Labute approximate surface area is 169 Å². The highest BCUT2D eigenvalue weighted by atomic mass is 32.1. The van der Waals surface area contributed by atoms with Crippen LogP contribution in [0.3, 0.4) is 0 Å². The van der Waals surface area contributed by atoms with Gasteiger partial charge in [-0.15, -0.1) is 11.3 Å². The molecule has 1 aromatic heterocycles. The summed E-state index contributed by atoms with van der Waals surface area (Å²) >= 11 is 1.41. The van der Waals surface area contributed by atoms with Crippen molar-refractivity contribution in [2.24, 2.45) is 0 Å². The molecule has 2 amide bonds. The average Bonchev–Trinajstić information content (AvgIpc) is 2.94. The van der Waals surface area contributed by atoms with E-state index in [0.717, 1.165) is 10.6 Å². The predicted octanol–water partition coefficient (Wildman–Crippen LogP) is 3.66. The number of methoxy groups -OCH3 is 2. The third kappa shape index (κ3) is 5.01. The summed E-state index contributed by atoms with van der Waals surface area (Å²) in [6.07, 6.45) is 0. The van der Waals surface area contributed by atoms with E-state index >= 15 is 0 Å². The normalized spacial score (nSPS) is 11.1. The largest absolute Gasteiger partial charge is 0.497 e. The van der Waals surface area contributed by atoms with Crippen LogP contribution in [-0.2, 0) is 4.79 Å². The number of rotatable bonds is 6. The molecule has 0 atom stereocenters. The summed E-state index contributed by atoms with van der Waals surface area (Å²) in [5, 5.41) is 3.31. The number of benzene rings is 1. The van der Waals surface area contributed by atoms with Crippen LogP contribution in [0.5, 0.6) is 11.5 Å². The molecule has 0 aliphatic heterocycles. The first-order valence-corrected chi connectivity index (χ1v) is 9.66. The van der Waals surface area contributed by atoms with Crippen LogP contribution >= 0.6 is 11.3 Å². The minimum atomic E-state index is -0.575. The zero-order chi connectivity index (χ0) is 21.1. The van der Waals surface area contributed by atoms with Crippen LogP contribution < -0.4 is 14.8 Å². The Bertz CT molecular complexity index is 851. The lowest BCUT2D eigenvalue weighted by molar-refractivity contribution is -0.117. The molecule has 2 rings (SSSR count). The number of anilines is 1. The van der Waals surface area contributed by atoms with Crippen LogP contribution in [0.1, 0.15) is 41.7 Å². The van der Waals surface area contributed by atoms with Gasteiger partial charge in [0.15, 0.2) is 5.13 Å². The summed E-state index contributed by atoms with van der Waals surface area (Å²) in [7, 11) is 3.04. The molecule has 152 valence electrons. The molecule has 8 heteroatoms. The highest BCUT2D eigenvalue weighted by Gasteiger charge is 2.31. The molecule has 0 bridgehead atoms. The van der Waals surface area contributed by atoms with Crippen molar-refractivity contribution in [2.45, 2.75) is 40.2 Å². The van der Waals surface area contributed by atoms with Crippen LogP contribution in [0, 0.1) is 13.8 Å². The Hall–Kier alpha value is -2.61. The molecule has 1 heterocycles. The molecule has 0 aliphatic carbocycles. The van der Waals surface area contributed by atoms with E-state index in [1.807, 2.05) is 34.6 Å². The van der Waals surface area contributed by atoms with E-state index in [-0.39, 0.29) is 18.4 Å². The maximum Gasteiger partial charge on any atom is 0.258 e. The van der Waals surface area contributed by atoms with Crippen molar-refractivity contribution in [3.8, 4) is 11.5 Å². The van der Waals surface area contributed by atoms with E-state index in [9.17, 15) is 9.59 Å². The molecule has 0 aliphatic rings. The number of ether oxygens (including phenoxy) is 2. The minimum Gasteiger partial charge on any atom is -0.497 e. The first kappa shape index (κ1) is 21.7. The lowest BCUT2D eigenvalue weighted by Crippen LogP contribution is -2.49. The SMILES string of the molecule is COc1ccc(C(=O)N(CC(=O)Nc2nc(C)c(C)s2)C(C)(C)C)c(OC)c1. The van der Waals surface area contributed by atoms with Gasteiger partial charge in [-0.3, -0.25) is 9.59 Å². The topological polar surface area (TPSA) is 80.8 Å². The van der Waals surface area contributed by atoms with Gasteiger partial charge in [0.05, 0.1) is 25.5 Å². The fraction of sp³-hybridized carbons (Fsp3) is 0.450. The lowest BCUT2D eigenvalue weighted by Gasteiger charge is -2.35. The zero-order valence-corrected chi connectivity index (χ0v) is 18.2. The first-order valence-electron chi connectivity index (χ1n) is 8.84. The molecule has 0 saturated carbocycles. The lowest BCUT2D eigenvalue weighted by atomic mass is 10.0.